The van der Waals surface area contributed by atoms with Crippen LogP contribution in [0.3, 0.4) is 0 Å². The predicted octanol–water partition coefficient (Wildman–Crippen LogP) is 2.89. The minimum absolute atomic E-state index is 0.0173. The van der Waals surface area contributed by atoms with Crippen molar-refractivity contribution in [3.63, 3.8) is 0 Å². The number of nitrogens with two attached hydrogens (primary N) is 1. The molecule has 0 aromatic heterocycles. The van der Waals surface area contributed by atoms with E-state index in [4.69, 9.17) is 10.5 Å². The van der Waals surface area contributed by atoms with Crippen molar-refractivity contribution in [2.45, 2.75) is 33.8 Å². The van der Waals surface area contributed by atoms with Gasteiger partial charge in [-0.2, -0.15) is 0 Å². The number of anilines is 1. The highest BCUT2D eigenvalue weighted by Crippen LogP contribution is 2.24. The molecule has 0 amide bonds. The van der Waals surface area contributed by atoms with Crippen LogP contribution >= 0.6 is 0 Å². The van der Waals surface area contributed by atoms with Crippen molar-refractivity contribution in [1.82, 2.24) is 0 Å². The number of benzene rings is 1. The van der Waals surface area contributed by atoms with Crippen molar-refractivity contribution >= 4 is 11.5 Å². The summed E-state index contributed by atoms with van der Waals surface area (Å²) in [6.07, 6.45) is 0.0777. The first-order chi connectivity index (χ1) is 7.41. The van der Waals surface area contributed by atoms with Crippen LogP contribution in [0.4, 0.5) is 5.69 Å². The molecular weight excluding hydrogens is 202 g/mol. The summed E-state index contributed by atoms with van der Waals surface area (Å²) in [4.78, 5) is 11.7. The van der Waals surface area contributed by atoms with E-state index in [1.165, 1.54) is 0 Å². The molecule has 0 heterocycles. The number of Topliss-reactive ketones (excluding diaryl/α,β-unsaturated/α-hetero) is 1. The van der Waals surface area contributed by atoms with E-state index >= 15 is 0 Å². The summed E-state index contributed by atoms with van der Waals surface area (Å²) in [5.74, 6) is 0.717. The third-order valence-corrected chi connectivity index (χ3v) is 2.18. The van der Waals surface area contributed by atoms with Crippen LogP contribution in [0, 0.1) is 5.92 Å². The van der Waals surface area contributed by atoms with Crippen LogP contribution in [0.15, 0.2) is 18.2 Å². The molecule has 3 nitrogen and oxygen atoms in total. The Labute approximate surface area is 96.6 Å². The molecule has 1 aromatic carbocycles. The first kappa shape index (κ1) is 12.6. The maximum absolute atomic E-state index is 11.7. The Morgan fingerprint density at radius 2 is 1.88 bits per heavy atom. The first-order valence-corrected chi connectivity index (χ1v) is 5.52. The maximum Gasteiger partial charge on any atom is 0.165 e. The van der Waals surface area contributed by atoms with Gasteiger partial charge in [-0.05, 0) is 32.0 Å². The van der Waals surface area contributed by atoms with Gasteiger partial charge in [0.15, 0.2) is 5.78 Å². The molecule has 3 heteroatoms. The highest BCUT2D eigenvalue weighted by molar-refractivity contribution is 5.98. The van der Waals surface area contributed by atoms with Crippen molar-refractivity contribution in [3.8, 4) is 5.75 Å². The largest absolute Gasteiger partial charge is 0.489 e. The topological polar surface area (TPSA) is 52.3 Å². The van der Waals surface area contributed by atoms with Crippen LogP contribution < -0.4 is 10.5 Å². The van der Waals surface area contributed by atoms with Gasteiger partial charge in [0.1, 0.15) is 5.75 Å². The fourth-order valence-electron chi connectivity index (χ4n) is 1.40. The second kappa shape index (κ2) is 5.01. The summed E-state index contributed by atoms with van der Waals surface area (Å²) in [6, 6.07) is 5.20. The van der Waals surface area contributed by atoms with E-state index in [1.54, 1.807) is 18.2 Å². The normalized spacial score (nSPS) is 10.9. The lowest BCUT2D eigenvalue weighted by atomic mass is 10.0. The average molecular weight is 221 g/mol. The van der Waals surface area contributed by atoms with Gasteiger partial charge in [0.05, 0.1) is 11.8 Å². The molecule has 0 saturated heterocycles. The van der Waals surface area contributed by atoms with Crippen molar-refractivity contribution in [3.05, 3.63) is 23.8 Å². The van der Waals surface area contributed by atoms with Crippen molar-refractivity contribution in [2.24, 2.45) is 5.92 Å². The first-order valence-electron chi connectivity index (χ1n) is 5.52. The van der Waals surface area contributed by atoms with Gasteiger partial charge in [0, 0.05) is 11.5 Å². The predicted molar refractivity (Wildman–Crippen MR) is 65.8 cm³/mol. The molecule has 0 aliphatic heterocycles. The monoisotopic (exact) mass is 221 g/mol. The second-order valence-electron chi connectivity index (χ2n) is 4.44. The zero-order valence-corrected chi connectivity index (χ0v) is 10.3. The standard InChI is InChI=1S/C13H19NO2/c1-8(2)13(15)10-5-6-12(11(14)7-10)16-9(3)4/h5-9H,14H2,1-4H3. The molecule has 1 rings (SSSR count). The maximum atomic E-state index is 11.7. The molecule has 0 aliphatic carbocycles. The molecule has 0 radical (unpaired) electrons. The molecule has 0 bridgehead atoms. The fraction of sp³-hybridized carbons (Fsp3) is 0.462. The Morgan fingerprint density at radius 1 is 1.25 bits per heavy atom. The van der Waals surface area contributed by atoms with Crippen molar-refractivity contribution in [1.29, 1.82) is 0 Å². The van der Waals surface area contributed by atoms with Gasteiger partial charge in [-0.3, -0.25) is 4.79 Å². The molecule has 0 saturated carbocycles. The van der Waals surface area contributed by atoms with Gasteiger partial charge < -0.3 is 10.5 Å². The van der Waals surface area contributed by atoms with Crippen molar-refractivity contribution < 1.29 is 9.53 Å². The Hall–Kier alpha value is -1.51. The van der Waals surface area contributed by atoms with E-state index in [-0.39, 0.29) is 17.8 Å². The zero-order valence-electron chi connectivity index (χ0n) is 10.3. The van der Waals surface area contributed by atoms with Gasteiger partial charge >= 0.3 is 0 Å². The molecule has 0 atom stereocenters. The third-order valence-electron chi connectivity index (χ3n) is 2.18. The number of ketones is 1. The minimum atomic E-state index is -0.0173. The number of rotatable bonds is 4. The molecule has 1 aromatic rings. The Kier molecular flexibility index (Phi) is 3.93. The molecular formula is C13H19NO2. The SMILES string of the molecule is CC(C)Oc1ccc(C(=O)C(C)C)cc1N. The molecule has 88 valence electrons. The molecule has 2 N–H and O–H groups in total. The number of hydrogen-bond acceptors (Lipinski definition) is 3. The van der Waals surface area contributed by atoms with E-state index in [0.717, 1.165) is 0 Å². The lowest BCUT2D eigenvalue weighted by Gasteiger charge is -2.13. The van der Waals surface area contributed by atoms with Crippen LogP contribution in [0.2, 0.25) is 0 Å². The molecule has 0 aliphatic rings. The van der Waals surface area contributed by atoms with Gasteiger partial charge in [0.25, 0.3) is 0 Å². The average Bonchev–Trinajstić information content (AvgIpc) is 2.19. The quantitative estimate of drug-likeness (QED) is 0.628. The van der Waals surface area contributed by atoms with Crippen LogP contribution in [0.25, 0.3) is 0 Å². The number of ether oxygens (including phenoxy) is 1. The smallest absolute Gasteiger partial charge is 0.165 e. The summed E-state index contributed by atoms with van der Waals surface area (Å²) in [6.45, 7) is 7.62. The van der Waals surface area contributed by atoms with Crippen LogP contribution in [-0.4, -0.2) is 11.9 Å². The summed E-state index contributed by atoms with van der Waals surface area (Å²) >= 11 is 0. The molecule has 0 unspecified atom stereocenters. The molecule has 16 heavy (non-hydrogen) atoms. The Bertz CT molecular complexity index is 384. The Balaban J connectivity index is 2.95. The summed E-state index contributed by atoms with van der Waals surface area (Å²) in [7, 11) is 0. The minimum Gasteiger partial charge on any atom is -0.489 e. The molecule has 0 fully saturated rings. The summed E-state index contributed by atoms with van der Waals surface area (Å²) < 4.78 is 5.50. The highest BCUT2D eigenvalue weighted by atomic mass is 16.5. The van der Waals surface area contributed by atoms with E-state index in [0.29, 0.717) is 17.0 Å². The summed E-state index contributed by atoms with van der Waals surface area (Å²) in [5, 5.41) is 0. The van der Waals surface area contributed by atoms with E-state index < -0.39 is 0 Å². The van der Waals surface area contributed by atoms with E-state index in [2.05, 4.69) is 0 Å². The van der Waals surface area contributed by atoms with Gasteiger partial charge in [-0.1, -0.05) is 13.8 Å². The molecule has 0 spiro atoms. The highest BCUT2D eigenvalue weighted by Gasteiger charge is 2.12. The number of carbonyl (C=O) groups is 1. The Morgan fingerprint density at radius 3 is 2.31 bits per heavy atom. The van der Waals surface area contributed by atoms with Gasteiger partial charge in [0.2, 0.25) is 0 Å². The van der Waals surface area contributed by atoms with Crippen LogP contribution in [0.1, 0.15) is 38.1 Å². The lowest BCUT2D eigenvalue weighted by molar-refractivity contribution is 0.0939. The van der Waals surface area contributed by atoms with Crippen molar-refractivity contribution in [2.75, 3.05) is 5.73 Å². The number of hydrogen-bond donors (Lipinski definition) is 1. The second-order valence-corrected chi connectivity index (χ2v) is 4.44. The summed E-state index contributed by atoms with van der Waals surface area (Å²) in [5.41, 5.74) is 6.99. The van der Waals surface area contributed by atoms with E-state index in [9.17, 15) is 4.79 Å². The number of carbonyl (C=O) groups excluding carboxylic acids is 1. The van der Waals surface area contributed by atoms with Gasteiger partial charge in [-0.25, -0.2) is 0 Å². The zero-order chi connectivity index (χ0) is 12.3. The van der Waals surface area contributed by atoms with Crippen LogP contribution in [-0.2, 0) is 0 Å². The third kappa shape index (κ3) is 2.99. The number of nitrogen functional groups attached to an aromatic ring is 1. The van der Waals surface area contributed by atoms with Crippen LogP contribution in [0.5, 0.6) is 5.75 Å². The fourth-order valence-corrected chi connectivity index (χ4v) is 1.40. The van der Waals surface area contributed by atoms with Gasteiger partial charge in [-0.15, -0.1) is 0 Å². The van der Waals surface area contributed by atoms with E-state index in [1.807, 2.05) is 27.7 Å². The lowest BCUT2D eigenvalue weighted by Crippen LogP contribution is -2.10.